The maximum Gasteiger partial charge on any atom is 0.272 e. The molecule has 0 saturated carbocycles. The van der Waals surface area contributed by atoms with Crippen LogP contribution in [0.15, 0.2) is 12.1 Å². The Labute approximate surface area is 120 Å². The Bertz CT molecular complexity index is 446. The summed E-state index contributed by atoms with van der Waals surface area (Å²) in [5, 5.41) is 11.2. The molecule has 1 aliphatic rings. The Kier molecular flexibility index (Phi) is 4.93. The van der Waals surface area contributed by atoms with E-state index in [1.54, 1.807) is 6.07 Å². The summed E-state index contributed by atoms with van der Waals surface area (Å²) in [5.74, 6) is 1.42. The zero-order valence-electron chi connectivity index (χ0n) is 12.6. The average Bonchev–Trinajstić information content (AvgIpc) is 2.47. The van der Waals surface area contributed by atoms with Crippen molar-refractivity contribution in [2.24, 2.45) is 5.92 Å². The van der Waals surface area contributed by atoms with Gasteiger partial charge < -0.3 is 10.2 Å². The second-order valence-corrected chi connectivity index (χ2v) is 5.75. The number of aromatic nitrogens is 2. The zero-order chi connectivity index (χ0) is 14.5. The summed E-state index contributed by atoms with van der Waals surface area (Å²) in [4.78, 5) is 14.2. The first-order valence-electron chi connectivity index (χ1n) is 7.49. The van der Waals surface area contributed by atoms with E-state index in [-0.39, 0.29) is 11.9 Å². The van der Waals surface area contributed by atoms with Gasteiger partial charge in [-0.05, 0) is 44.2 Å². The highest BCUT2D eigenvalue weighted by atomic mass is 16.2. The van der Waals surface area contributed by atoms with E-state index < -0.39 is 0 Å². The van der Waals surface area contributed by atoms with Gasteiger partial charge in [-0.25, -0.2) is 0 Å². The molecule has 2 atom stereocenters. The van der Waals surface area contributed by atoms with E-state index in [0.29, 0.717) is 11.6 Å². The third-order valence-electron chi connectivity index (χ3n) is 3.85. The highest BCUT2D eigenvalue weighted by molar-refractivity contribution is 5.92. The summed E-state index contributed by atoms with van der Waals surface area (Å²) in [6.45, 7) is 8.32. The molecule has 1 amide bonds. The van der Waals surface area contributed by atoms with Crippen LogP contribution in [0.1, 0.15) is 50.5 Å². The van der Waals surface area contributed by atoms with Crippen LogP contribution in [0.2, 0.25) is 0 Å². The molecule has 1 saturated heterocycles. The van der Waals surface area contributed by atoms with Crippen molar-refractivity contribution in [2.45, 2.75) is 46.1 Å². The van der Waals surface area contributed by atoms with E-state index in [9.17, 15) is 4.79 Å². The maximum absolute atomic E-state index is 11.9. The van der Waals surface area contributed by atoms with Gasteiger partial charge in [0.1, 0.15) is 0 Å². The number of piperidine rings is 1. The third-order valence-corrected chi connectivity index (χ3v) is 3.85. The summed E-state index contributed by atoms with van der Waals surface area (Å²) in [5.41, 5.74) is 0.388. The standard InChI is InChI=1S/C15H24N4O/c1-4-12(3)16-15(20)13-7-8-14(18-17-13)19-9-5-6-11(2)10-19/h7-8,11-12H,4-6,9-10H2,1-3H3,(H,16,20). The Morgan fingerprint density at radius 2 is 2.30 bits per heavy atom. The number of nitrogens with one attached hydrogen (secondary N) is 1. The molecule has 1 aromatic heterocycles. The van der Waals surface area contributed by atoms with Crippen molar-refractivity contribution >= 4 is 11.7 Å². The van der Waals surface area contributed by atoms with Gasteiger partial charge in [0.2, 0.25) is 0 Å². The quantitative estimate of drug-likeness (QED) is 0.916. The summed E-state index contributed by atoms with van der Waals surface area (Å²) in [7, 11) is 0. The molecule has 20 heavy (non-hydrogen) atoms. The van der Waals surface area contributed by atoms with Crippen LogP contribution in [0.4, 0.5) is 5.82 Å². The number of carbonyl (C=O) groups is 1. The third kappa shape index (κ3) is 3.68. The molecule has 1 aliphatic heterocycles. The molecule has 110 valence electrons. The molecule has 0 spiro atoms. The van der Waals surface area contributed by atoms with Crippen molar-refractivity contribution in [1.82, 2.24) is 15.5 Å². The summed E-state index contributed by atoms with van der Waals surface area (Å²) >= 11 is 0. The molecule has 2 unspecified atom stereocenters. The summed E-state index contributed by atoms with van der Waals surface area (Å²) < 4.78 is 0. The first-order valence-corrected chi connectivity index (χ1v) is 7.49. The number of hydrogen-bond acceptors (Lipinski definition) is 4. The van der Waals surface area contributed by atoms with Crippen molar-refractivity contribution in [3.05, 3.63) is 17.8 Å². The molecule has 2 rings (SSSR count). The average molecular weight is 276 g/mol. The first-order chi connectivity index (χ1) is 9.60. The lowest BCUT2D eigenvalue weighted by Crippen LogP contribution is -2.35. The number of carbonyl (C=O) groups excluding carboxylic acids is 1. The van der Waals surface area contributed by atoms with E-state index in [2.05, 4.69) is 27.3 Å². The van der Waals surface area contributed by atoms with Gasteiger partial charge in [-0.1, -0.05) is 13.8 Å². The minimum Gasteiger partial charge on any atom is -0.355 e. The van der Waals surface area contributed by atoms with Gasteiger partial charge in [-0.2, -0.15) is 0 Å². The van der Waals surface area contributed by atoms with Crippen LogP contribution in [0.3, 0.4) is 0 Å². The van der Waals surface area contributed by atoms with E-state index in [1.807, 2.05) is 19.9 Å². The van der Waals surface area contributed by atoms with E-state index in [4.69, 9.17) is 0 Å². The Balaban J connectivity index is 2.00. The van der Waals surface area contributed by atoms with Crippen LogP contribution >= 0.6 is 0 Å². The van der Waals surface area contributed by atoms with Gasteiger partial charge in [-0.3, -0.25) is 4.79 Å². The van der Waals surface area contributed by atoms with Crippen LogP contribution in [0.5, 0.6) is 0 Å². The van der Waals surface area contributed by atoms with Crippen molar-refractivity contribution in [3.63, 3.8) is 0 Å². The Morgan fingerprint density at radius 1 is 1.50 bits per heavy atom. The van der Waals surface area contributed by atoms with Crippen LogP contribution in [0.25, 0.3) is 0 Å². The molecule has 5 nitrogen and oxygen atoms in total. The molecule has 1 aromatic rings. The number of nitrogens with zero attached hydrogens (tertiary/aromatic N) is 3. The smallest absolute Gasteiger partial charge is 0.272 e. The van der Waals surface area contributed by atoms with Gasteiger partial charge >= 0.3 is 0 Å². The van der Waals surface area contributed by atoms with Gasteiger partial charge in [0, 0.05) is 19.1 Å². The highest BCUT2D eigenvalue weighted by Crippen LogP contribution is 2.20. The van der Waals surface area contributed by atoms with Crippen LogP contribution in [-0.4, -0.2) is 35.2 Å². The normalized spacial score (nSPS) is 20.6. The first kappa shape index (κ1) is 14.8. The summed E-state index contributed by atoms with van der Waals surface area (Å²) in [6.07, 6.45) is 3.38. The lowest BCUT2D eigenvalue weighted by Gasteiger charge is -2.31. The second kappa shape index (κ2) is 6.68. The van der Waals surface area contributed by atoms with E-state index >= 15 is 0 Å². The molecule has 1 fully saturated rings. The lowest BCUT2D eigenvalue weighted by atomic mass is 10.0. The van der Waals surface area contributed by atoms with Crippen molar-refractivity contribution < 1.29 is 4.79 Å². The van der Waals surface area contributed by atoms with Gasteiger partial charge in [0.15, 0.2) is 11.5 Å². The van der Waals surface area contributed by atoms with E-state index in [1.165, 1.54) is 12.8 Å². The Hall–Kier alpha value is -1.65. The van der Waals surface area contributed by atoms with Crippen LogP contribution in [0, 0.1) is 5.92 Å². The predicted octanol–water partition coefficient (Wildman–Crippen LogP) is 2.24. The number of hydrogen-bond donors (Lipinski definition) is 1. The largest absolute Gasteiger partial charge is 0.355 e. The topological polar surface area (TPSA) is 58.1 Å². The molecular weight excluding hydrogens is 252 g/mol. The minimum atomic E-state index is -0.148. The maximum atomic E-state index is 11.9. The second-order valence-electron chi connectivity index (χ2n) is 5.75. The van der Waals surface area contributed by atoms with E-state index in [0.717, 1.165) is 25.3 Å². The predicted molar refractivity (Wildman–Crippen MR) is 79.9 cm³/mol. The van der Waals surface area contributed by atoms with Crippen LogP contribution in [-0.2, 0) is 0 Å². The highest BCUT2D eigenvalue weighted by Gasteiger charge is 2.18. The van der Waals surface area contributed by atoms with Gasteiger partial charge in [-0.15, -0.1) is 10.2 Å². The fourth-order valence-corrected chi connectivity index (χ4v) is 2.41. The van der Waals surface area contributed by atoms with Gasteiger partial charge in [0.05, 0.1) is 0 Å². The fraction of sp³-hybridized carbons (Fsp3) is 0.667. The van der Waals surface area contributed by atoms with Crippen molar-refractivity contribution in [1.29, 1.82) is 0 Å². The van der Waals surface area contributed by atoms with Gasteiger partial charge in [0.25, 0.3) is 5.91 Å². The van der Waals surface area contributed by atoms with Crippen molar-refractivity contribution in [2.75, 3.05) is 18.0 Å². The number of amides is 1. The molecule has 0 bridgehead atoms. The zero-order valence-corrected chi connectivity index (χ0v) is 12.6. The number of anilines is 1. The Morgan fingerprint density at radius 3 is 2.90 bits per heavy atom. The van der Waals surface area contributed by atoms with Crippen LogP contribution < -0.4 is 10.2 Å². The number of rotatable bonds is 4. The molecule has 5 heteroatoms. The molecule has 2 heterocycles. The molecule has 0 aliphatic carbocycles. The molecule has 0 radical (unpaired) electrons. The molecular formula is C15H24N4O. The fourth-order valence-electron chi connectivity index (χ4n) is 2.41. The summed E-state index contributed by atoms with van der Waals surface area (Å²) in [6, 6.07) is 3.82. The lowest BCUT2D eigenvalue weighted by molar-refractivity contribution is 0.0933. The minimum absolute atomic E-state index is 0.148. The molecule has 0 aromatic carbocycles. The SMILES string of the molecule is CCC(C)NC(=O)c1ccc(N2CCCC(C)C2)nn1. The van der Waals surface area contributed by atoms with Crippen molar-refractivity contribution in [3.8, 4) is 0 Å². The monoisotopic (exact) mass is 276 g/mol. The molecule has 1 N–H and O–H groups in total.